The number of nitrogens with two attached hydrogens (primary N) is 2. The Balaban J connectivity index is 0. The molecular weight excluding hydrogens is 178 g/mol. The van der Waals surface area contributed by atoms with Crippen LogP contribution >= 0.6 is 36.4 Å². The van der Waals surface area contributed by atoms with E-state index in [0.717, 1.165) is 0 Å². The van der Waals surface area contributed by atoms with Gasteiger partial charge in [-0.3, -0.25) is 0 Å². The van der Waals surface area contributed by atoms with Crippen LogP contribution in [0.15, 0.2) is 0 Å². The van der Waals surface area contributed by atoms with Gasteiger partial charge in [-0.1, -0.05) is 11.8 Å². The van der Waals surface area contributed by atoms with Gasteiger partial charge in [-0.05, 0) is 18.5 Å². The second kappa shape index (κ2) is 6.12. The Morgan fingerprint density at radius 1 is 1.56 bits per heavy atom. The SMILES string of the molecule is CSC(N)=[NH+]C(N)=S.Cl. The van der Waals surface area contributed by atoms with Crippen molar-refractivity contribution >= 4 is 46.7 Å². The molecular formula is C3H9ClN3S2+. The summed E-state index contributed by atoms with van der Waals surface area (Å²) in [5, 5.41) is 0.731. The minimum Gasteiger partial charge on any atom is -0.313 e. The lowest BCUT2D eigenvalue weighted by Crippen LogP contribution is -2.80. The summed E-state index contributed by atoms with van der Waals surface area (Å²) < 4.78 is 0. The smallest absolute Gasteiger partial charge is 0.285 e. The van der Waals surface area contributed by atoms with Gasteiger partial charge in [0.25, 0.3) is 10.3 Å². The zero-order chi connectivity index (χ0) is 6.57. The molecule has 0 aromatic heterocycles. The average Bonchev–Trinajstić information content (AvgIpc) is 1.65. The number of rotatable bonds is 0. The maximum absolute atomic E-state index is 5.27. The van der Waals surface area contributed by atoms with Gasteiger partial charge in [0.2, 0.25) is 0 Å². The fourth-order valence-corrected chi connectivity index (χ4v) is 0.559. The predicted octanol–water partition coefficient (Wildman–Crippen LogP) is -1.59. The average molecular weight is 187 g/mol. The van der Waals surface area contributed by atoms with E-state index in [2.05, 4.69) is 17.2 Å². The minimum atomic E-state index is 0. The molecule has 0 aliphatic carbocycles. The van der Waals surface area contributed by atoms with Gasteiger partial charge in [0.1, 0.15) is 0 Å². The molecule has 3 nitrogen and oxygen atoms in total. The van der Waals surface area contributed by atoms with Crippen molar-refractivity contribution in [1.82, 2.24) is 0 Å². The van der Waals surface area contributed by atoms with Gasteiger partial charge in [0, 0.05) is 0 Å². The van der Waals surface area contributed by atoms with Crippen molar-refractivity contribution < 1.29 is 4.99 Å². The highest BCUT2D eigenvalue weighted by Gasteiger charge is 1.90. The van der Waals surface area contributed by atoms with E-state index in [0.29, 0.717) is 5.17 Å². The summed E-state index contributed by atoms with van der Waals surface area (Å²) in [5.41, 5.74) is 10.4. The zero-order valence-corrected chi connectivity index (χ0v) is 7.33. The second-order valence-corrected chi connectivity index (χ2v) is 2.35. The van der Waals surface area contributed by atoms with Crippen LogP contribution in [0.2, 0.25) is 0 Å². The molecule has 0 spiro atoms. The molecule has 0 heterocycles. The van der Waals surface area contributed by atoms with Crippen LogP contribution in [0, 0.1) is 0 Å². The van der Waals surface area contributed by atoms with Crippen LogP contribution in [0.4, 0.5) is 0 Å². The normalized spacial score (nSPS) is 10.1. The lowest BCUT2D eigenvalue weighted by atomic mass is 11.1. The molecule has 0 aromatic rings. The predicted molar refractivity (Wildman–Crippen MR) is 47.7 cm³/mol. The largest absolute Gasteiger partial charge is 0.313 e. The molecule has 0 fully saturated rings. The van der Waals surface area contributed by atoms with Crippen molar-refractivity contribution in [3.8, 4) is 0 Å². The summed E-state index contributed by atoms with van der Waals surface area (Å²) in [6, 6.07) is 0. The van der Waals surface area contributed by atoms with Crippen molar-refractivity contribution in [2.45, 2.75) is 0 Å². The molecule has 0 saturated heterocycles. The van der Waals surface area contributed by atoms with Crippen molar-refractivity contribution in [2.75, 3.05) is 6.26 Å². The molecule has 6 heteroatoms. The number of thioether (sulfide) groups is 1. The number of halogens is 1. The van der Waals surface area contributed by atoms with E-state index in [1.54, 1.807) is 0 Å². The van der Waals surface area contributed by atoms with E-state index in [-0.39, 0.29) is 17.5 Å². The maximum Gasteiger partial charge on any atom is 0.285 e. The van der Waals surface area contributed by atoms with Crippen LogP contribution in [-0.2, 0) is 0 Å². The molecule has 9 heavy (non-hydrogen) atoms. The molecule has 0 aromatic carbocycles. The molecule has 0 rings (SSSR count). The summed E-state index contributed by atoms with van der Waals surface area (Å²) in [4.78, 5) is 2.56. The van der Waals surface area contributed by atoms with Gasteiger partial charge in [0.15, 0.2) is 0 Å². The van der Waals surface area contributed by atoms with E-state index >= 15 is 0 Å². The topological polar surface area (TPSA) is 66.0 Å². The van der Waals surface area contributed by atoms with E-state index in [4.69, 9.17) is 11.5 Å². The molecule has 0 unspecified atom stereocenters. The fourth-order valence-electron chi connectivity index (χ4n) is 0.172. The molecule has 0 bridgehead atoms. The molecule has 0 aliphatic rings. The minimum absolute atomic E-state index is 0. The molecule has 0 atom stereocenters. The summed E-state index contributed by atoms with van der Waals surface area (Å²) in [5.74, 6) is 0. The van der Waals surface area contributed by atoms with Crippen molar-refractivity contribution in [3.05, 3.63) is 0 Å². The van der Waals surface area contributed by atoms with E-state index in [9.17, 15) is 0 Å². The Kier molecular flexibility index (Phi) is 8.00. The highest BCUT2D eigenvalue weighted by Crippen LogP contribution is 1.80. The molecule has 0 radical (unpaired) electrons. The lowest BCUT2D eigenvalue weighted by molar-refractivity contribution is -0.309. The quantitative estimate of drug-likeness (QED) is 0.243. The van der Waals surface area contributed by atoms with Crippen LogP contribution in [-0.4, -0.2) is 16.5 Å². The van der Waals surface area contributed by atoms with Crippen molar-refractivity contribution in [2.24, 2.45) is 11.5 Å². The zero-order valence-electron chi connectivity index (χ0n) is 4.88. The van der Waals surface area contributed by atoms with Crippen LogP contribution in [0.3, 0.4) is 0 Å². The number of nitrogens with one attached hydrogen (secondary N) is 1. The van der Waals surface area contributed by atoms with E-state index in [1.807, 2.05) is 6.26 Å². The monoisotopic (exact) mass is 186 g/mol. The van der Waals surface area contributed by atoms with Gasteiger partial charge in [-0.25, -0.2) is 4.99 Å². The summed E-state index contributed by atoms with van der Waals surface area (Å²) in [7, 11) is 0. The molecule has 0 aliphatic heterocycles. The third-order valence-electron chi connectivity index (χ3n) is 0.466. The standard InChI is InChI=1S/C3H7N3S2.ClH/c1-8-3(5)6-2(4)7;/h1H3,(H4,4,5,6,7);1H/p+1. The maximum atomic E-state index is 5.27. The molecule has 0 amide bonds. The van der Waals surface area contributed by atoms with Crippen LogP contribution in [0.1, 0.15) is 0 Å². The Hall–Kier alpha value is -0.0000000000000000555. The fraction of sp³-hybridized carbons (Fsp3) is 0.333. The van der Waals surface area contributed by atoms with Crippen LogP contribution < -0.4 is 16.5 Å². The third kappa shape index (κ3) is 8.00. The highest BCUT2D eigenvalue weighted by atomic mass is 35.5. The van der Waals surface area contributed by atoms with Crippen LogP contribution in [0.5, 0.6) is 0 Å². The van der Waals surface area contributed by atoms with Gasteiger partial charge in [-0.15, -0.1) is 12.4 Å². The van der Waals surface area contributed by atoms with Crippen LogP contribution in [0.25, 0.3) is 0 Å². The van der Waals surface area contributed by atoms with Crippen molar-refractivity contribution in [3.63, 3.8) is 0 Å². The number of thiocarbonyl (C=S) groups is 1. The highest BCUT2D eigenvalue weighted by molar-refractivity contribution is 8.12. The van der Waals surface area contributed by atoms with E-state index < -0.39 is 0 Å². The van der Waals surface area contributed by atoms with Gasteiger partial charge in [-0.2, -0.15) is 0 Å². The van der Waals surface area contributed by atoms with Crippen molar-refractivity contribution in [1.29, 1.82) is 0 Å². The van der Waals surface area contributed by atoms with E-state index in [1.165, 1.54) is 11.8 Å². The molecule has 54 valence electrons. The summed E-state index contributed by atoms with van der Waals surface area (Å²) in [6.45, 7) is 0. The van der Waals surface area contributed by atoms with Gasteiger partial charge < -0.3 is 11.5 Å². The summed E-state index contributed by atoms with van der Waals surface area (Å²) in [6.07, 6.45) is 1.83. The van der Waals surface area contributed by atoms with Gasteiger partial charge in [0.05, 0.1) is 0 Å². The Morgan fingerprint density at radius 2 is 2.00 bits per heavy atom. The first-order valence-electron chi connectivity index (χ1n) is 1.89. The molecule has 0 saturated carbocycles. The van der Waals surface area contributed by atoms with Gasteiger partial charge >= 0.3 is 0 Å². The second-order valence-electron chi connectivity index (χ2n) is 1.06. The Labute approximate surface area is 69.7 Å². The first kappa shape index (κ1) is 11.8. The Bertz CT molecular complexity index is 124. The summed E-state index contributed by atoms with van der Waals surface area (Å²) >= 11 is 5.86. The number of hydrogen-bond donors (Lipinski definition) is 3. The molecule has 5 N–H and O–H groups in total. The third-order valence-corrected chi connectivity index (χ3v) is 1.11. The Morgan fingerprint density at radius 3 is 2.11 bits per heavy atom. The number of hydrogen-bond acceptors (Lipinski definition) is 2. The number of amidine groups is 1. The first-order valence-corrected chi connectivity index (χ1v) is 3.53. The lowest BCUT2D eigenvalue weighted by Gasteiger charge is -1.84. The first-order chi connectivity index (χ1) is 3.66.